The molecule has 0 aliphatic carbocycles. The van der Waals surface area contributed by atoms with Gasteiger partial charge in [0.15, 0.2) is 0 Å². The quantitative estimate of drug-likeness (QED) is 0.883. The Bertz CT molecular complexity index is 608. The largest absolute Gasteiger partial charge is 0.456 e. The van der Waals surface area contributed by atoms with Crippen molar-refractivity contribution in [2.45, 2.75) is 13.5 Å². The molecular weight excluding hydrogens is 242 g/mol. The SMILES string of the molecule is Cc1cc(CO)ccc1Oc1ccccc1C(N)=O. The van der Waals surface area contributed by atoms with Crippen LogP contribution in [0, 0.1) is 6.92 Å². The number of amides is 1. The van der Waals surface area contributed by atoms with Crippen LogP contribution in [-0.4, -0.2) is 11.0 Å². The van der Waals surface area contributed by atoms with Gasteiger partial charge in [0.25, 0.3) is 5.91 Å². The fourth-order valence-corrected chi connectivity index (χ4v) is 1.80. The van der Waals surface area contributed by atoms with Crippen LogP contribution in [0.3, 0.4) is 0 Å². The van der Waals surface area contributed by atoms with Crippen LogP contribution in [0.25, 0.3) is 0 Å². The third kappa shape index (κ3) is 2.92. The molecule has 0 saturated carbocycles. The van der Waals surface area contributed by atoms with Gasteiger partial charge >= 0.3 is 0 Å². The van der Waals surface area contributed by atoms with Gasteiger partial charge in [-0.15, -0.1) is 0 Å². The van der Waals surface area contributed by atoms with Gasteiger partial charge in [0, 0.05) is 0 Å². The summed E-state index contributed by atoms with van der Waals surface area (Å²) in [4.78, 5) is 11.3. The molecule has 98 valence electrons. The van der Waals surface area contributed by atoms with Crippen molar-refractivity contribution in [1.82, 2.24) is 0 Å². The molecule has 0 atom stereocenters. The Morgan fingerprint density at radius 2 is 1.95 bits per heavy atom. The highest BCUT2D eigenvalue weighted by Gasteiger charge is 2.10. The number of rotatable bonds is 4. The maximum atomic E-state index is 11.3. The van der Waals surface area contributed by atoms with Gasteiger partial charge in [-0.05, 0) is 36.2 Å². The summed E-state index contributed by atoms with van der Waals surface area (Å²) in [6.07, 6.45) is 0. The number of benzene rings is 2. The van der Waals surface area contributed by atoms with E-state index in [1.807, 2.05) is 13.0 Å². The summed E-state index contributed by atoms with van der Waals surface area (Å²) in [5.74, 6) is 0.529. The number of aryl methyl sites for hydroxylation is 1. The Morgan fingerprint density at radius 3 is 2.58 bits per heavy atom. The van der Waals surface area contributed by atoms with E-state index < -0.39 is 5.91 Å². The molecular formula is C15H15NO3. The van der Waals surface area contributed by atoms with Gasteiger partial charge in [-0.2, -0.15) is 0 Å². The highest BCUT2D eigenvalue weighted by atomic mass is 16.5. The molecule has 2 rings (SSSR count). The van der Waals surface area contributed by atoms with Crippen molar-refractivity contribution in [2.75, 3.05) is 0 Å². The molecule has 0 aromatic heterocycles. The lowest BCUT2D eigenvalue weighted by Gasteiger charge is -2.12. The zero-order valence-electron chi connectivity index (χ0n) is 10.6. The third-order valence-electron chi connectivity index (χ3n) is 2.79. The second-order valence-electron chi connectivity index (χ2n) is 4.22. The summed E-state index contributed by atoms with van der Waals surface area (Å²) in [7, 11) is 0. The van der Waals surface area contributed by atoms with Gasteiger partial charge in [0.2, 0.25) is 0 Å². The van der Waals surface area contributed by atoms with Crippen LogP contribution in [0.2, 0.25) is 0 Å². The lowest BCUT2D eigenvalue weighted by molar-refractivity contribution is 0.0998. The van der Waals surface area contributed by atoms with Crippen LogP contribution in [0.1, 0.15) is 21.5 Å². The molecule has 4 heteroatoms. The lowest BCUT2D eigenvalue weighted by atomic mass is 10.1. The van der Waals surface area contributed by atoms with Crippen LogP contribution >= 0.6 is 0 Å². The number of primary amides is 1. The zero-order valence-corrected chi connectivity index (χ0v) is 10.6. The van der Waals surface area contributed by atoms with E-state index in [1.165, 1.54) is 0 Å². The molecule has 2 aromatic carbocycles. The summed E-state index contributed by atoms with van der Waals surface area (Å²) >= 11 is 0. The predicted octanol–water partition coefficient (Wildman–Crippen LogP) is 2.38. The van der Waals surface area contributed by atoms with Crippen molar-refractivity contribution in [1.29, 1.82) is 0 Å². The fourth-order valence-electron chi connectivity index (χ4n) is 1.80. The Morgan fingerprint density at radius 1 is 1.21 bits per heavy atom. The Balaban J connectivity index is 2.34. The molecule has 0 aliphatic heterocycles. The van der Waals surface area contributed by atoms with Gasteiger partial charge in [0.1, 0.15) is 11.5 Å². The van der Waals surface area contributed by atoms with Crippen molar-refractivity contribution in [2.24, 2.45) is 5.73 Å². The first-order valence-corrected chi connectivity index (χ1v) is 5.89. The number of carbonyl (C=O) groups excluding carboxylic acids is 1. The smallest absolute Gasteiger partial charge is 0.252 e. The number of aliphatic hydroxyl groups is 1. The first kappa shape index (κ1) is 13.1. The minimum atomic E-state index is -0.528. The van der Waals surface area contributed by atoms with E-state index >= 15 is 0 Å². The standard InChI is InChI=1S/C15H15NO3/c1-10-8-11(9-17)6-7-13(10)19-14-5-3-2-4-12(14)15(16)18/h2-8,17H,9H2,1H3,(H2,16,18). The van der Waals surface area contributed by atoms with Gasteiger partial charge in [0.05, 0.1) is 12.2 Å². The van der Waals surface area contributed by atoms with Gasteiger partial charge in [-0.25, -0.2) is 0 Å². The third-order valence-corrected chi connectivity index (χ3v) is 2.79. The van der Waals surface area contributed by atoms with E-state index in [2.05, 4.69) is 0 Å². The van der Waals surface area contributed by atoms with Crippen LogP contribution < -0.4 is 10.5 Å². The number of aliphatic hydroxyl groups excluding tert-OH is 1. The van der Waals surface area contributed by atoms with E-state index in [0.717, 1.165) is 11.1 Å². The molecule has 0 heterocycles. The highest BCUT2D eigenvalue weighted by Crippen LogP contribution is 2.28. The zero-order chi connectivity index (χ0) is 13.8. The van der Waals surface area contributed by atoms with E-state index in [1.54, 1.807) is 36.4 Å². The Hall–Kier alpha value is -2.33. The summed E-state index contributed by atoms with van der Waals surface area (Å²) < 4.78 is 5.72. The Kier molecular flexibility index (Phi) is 3.82. The molecule has 0 bridgehead atoms. The average Bonchev–Trinajstić information content (AvgIpc) is 2.41. The van der Waals surface area contributed by atoms with Crippen LogP contribution in [-0.2, 0) is 6.61 Å². The lowest BCUT2D eigenvalue weighted by Crippen LogP contribution is -2.12. The van der Waals surface area contributed by atoms with E-state index in [4.69, 9.17) is 15.6 Å². The Labute approximate surface area is 111 Å². The van der Waals surface area contributed by atoms with Crippen LogP contribution in [0.15, 0.2) is 42.5 Å². The molecule has 0 unspecified atom stereocenters. The normalized spacial score (nSPS) is 10.2. The fraction of sp³-hybridized carbons (Fsp3) is 0.133. The molecule has 0 saturated heterocycles. The van der Waals surface area contributed by atoms with Crippen LogP contribution in [0.4, 0.5) is 0 Å². The molecule has 0 radical (unpaired) electrons. The number of carbonyl (C=O) groups is 1. The van der Waals surface area contributed by atoms with Crippen molar-refractivity contribution < 1.29 is 14.6 Å². The monoisotopic (exact) mass is 257 g/mol. The van der Waals surface area contributed by atoms with Gasteiger partial charge < -0.3 is 15.6 Å². The van der Waals surface area contributed by atoms with Crippen molar-refractivity contribution in [3.05, 3.63) is 59.2 Å². The maximum absolute atomic E-state index is 11.3. The summed E-state index contributed by atoms with van der Waals surface area (Å²) in [5, 5.41) is 9.06. The van der Waals surface area contributed by atoms with E-state index in [0.29, 0.717) is 17.1 Å². The summed E-state index contributed by atoms with van der Waals surface area (Å²) in [6.45, 7) is 1.86. The highest BCUT2D eigenvalue weighted by molar-refractivity contribution is 5.95. The minimum absolute atomic E-state index is 0.0149. The summed E-state index contributed by atoms with van der Waals surface area (Å²) in [5.41, 5.74) is 7.33. The van der Waals surface area contributed by atoms with Crippen molar-refractivity contribution >= 4 is 5.91 Å². The molecule has 1 amide bonds. The molecule has 0 spiro atoms. The number of hydrogen-bond donors (Lipinski definition) is 2. The molecule has 19 heavy (non-hydrogen) atoms. The molecule has 0 aliphatic rings. The molecule has 3 N–H and O–H groups in total. The second kappa shape index (κ2) is 5.54. The predicted molar refractivity (Wildman–Crippen MR) is 72.1 cm³/mol. The molecule has 4 nitrogen and oxygen atoms in total. The van der Waals surface area contributed by atoms with Crippen molar-refractivity contribution in [3.8, 4) is 11.5 Å². The number of ether oxygens (including phenoxy) is 1. The minimum Gasteiger partial charge on any atom is -0.456 e. The maximum Gasteiger partial charge on any atom is 0.252 e. The topological polar surface area (TPSA) is 72.6 Å². The van der Waals surface area contributed by atoms with E-state index in [9.17, 15) is 4.79 Å². The second-order valence-corrected chi connectivity index (χ2v) is 4.22. The first-order chi connectivity index (χ1) is 9.11. The average molecular weight is 257 g/mol. The number of nitrogens with two attached hydrogens (primary N) is 1. The molecule has 0 fully saturated rings. The number of hydrogen-bond acceptors (Lipinski definition) is 3. The van der Waals surface area contributed by atoms with Crippen molar-refractivity contribution in [3.63, 3.8) is 0 Å². The van der Waals surface area contributed by atoms with Gasteiger partial charge in [-0.3, -0.25) is 4.79 Å². The summed E-state index contributed by atoms with van der Waals surface area (Å²) in [6, 6.07) is 12.2. The molecule has 2 aromatic rings. The number of para-hydroxylation sites is 1. The van der Waals surface area contributed by atoms with Crippen LogP contribution in [0.5, 0.6) is 11.5 Å². The first-order valence-electron chi connectivity index (χ1n) is 5.89. The van der Waals surface area contributed by atoms with E-state index in [-0.39, 0.29) is 6.61 Å². The van der Waals surface area contributed by atoms with Gasteiger partial charge in [-0.1, -0.05) is 24.3 Å².